The number of methoxy groups -OCH3 is 1. The molecule has 14 heteroatoms. The summed E-state index contributed by atoms with van der Waals surface area (Å²) in [4.78, 5) is 40.3. The molecule has 0 saturated heterocycles. The van der Waals surface area contributed by atoms with Crippen molar-refractivity contribution in [3.8, 4) is 17.2 Å². The van der Waals surface area contributed by atoms with Crippen LogP contribution in [0.5, 0.6) is 11.5 Å². The monoisotopic (exact) mass is 571 g/mol. The number of benzene rings is 2. The van der Waals surface area contributed by atoms with Crippen molar-refractivity contribution in [3.63, 3.8) is 0 Å². The van der Waals surface area contributed by atoms with Gasteiger partial charge < -0.3 is 24.5 Å². The molecular weight excluding hydrogens is 551 g/mol. The van der Waals surface area contributed by atoms with E-state index in [4.69, 9.17) is 9.47 Å². The maximum atomic E-state index is 14.8. The van der Waals surface area contributed by atoms with Crippen LogP contribution in [-0.4, -0.2) is 42.8 Å². The summed E-state index contributed by atoms with van der Waals surface area (Å²) in [6.07, 6.45) is 0. The molecule has 4 aromatic rings. The van der Waals surface area contributed by atoms with Crippen molar-refractivity contribution in [2.24, 2.45) is 0 Å². The van der Waals surface area contributed by atoms with E-state index in [9.17, 15) is 27.6 Å². The lowest BCUT2D eigenvalue weighted by Gasteiger charge is -2.15. The normalized spacial score (nSPS) is 10.8. The number of aromatic nitrogens is 2. The predicted octanol–water partition coefficient (Wildman–Crippen LogP) is 3.54. The highest BCUT2D eigenvalue weighted by atomic mass is 35.5. The predicted molar refractivity (Wildman–Crippen MR) is 137 cm³/mol. The molecule has 0 fully saturated rings. The summed E-state index contributed by atoms with van der Waals surface area (Å²) in [7, 11) is 2.84. The van der Waals surface area contributed by atoms with Gasteiger partial charge in [-0.1, -0.05) is 0 Å². The van der Waals surface area contributed by atoms with Gasteiger partial charge in [0.1, 0.15) is 35.4 Å². The molecule has 0 aliphatic heterocycles. The second-order valence-electron chi connectivity index (χ2n) is 7.61. The SMILES string of the molecule is CNCCOc1ccc(F)c(F)c1COc1ccc(F)c(-n2c(=O)[nH]c3csc(C(=O)OC)c3c2=O)c1.Cl. The molecular formula is C24H21ClF3N3O6S. The standard InChI is InChI=1S/C24H20F3N3O6S.ClH/c1-28-7-8-35-18-6-5-15(26)20(27)13(18)10-36-12-3-4-14(25)17(9-12)30-22(31)19-16(29-24(30)33)11-37-21(19)23(32)34-2;/h3-6,9,11,28H,7-8,10H2,1-2H3,(H,29,33);1H. The number of carbonyl (C=O) groups is 1. The molecule has 0 atom stereocenters. The number of fused-ring (bicyclic) bond motifs is 1. The first kappa shape index (κ1) is 28.8. The summed E-state index contributed by atoms with van der Waals surface area (Å²) in [6, 6.07) is 5.38. The Morgan fingerprint density at radius 1 is 1.11 bits per heavy atom. The zero-order valence-electron chi connectivity index (χ0n) is 19.9. The zero-order chi connectivity index (χ0) is 26.7. The van der Waals surface area contributed by atoms with Gasteiger partial charge in [0.15, 0.2) is 11.6 Å². The van der Waals surface area contributed by atoms with E-state index in [1.807, 2.05) is 0 Å². The highest BCUT2D eigenvalue weighted by molar-refractivity contribution is 7.13. The summed E-state index contributed by atoms with van der Waals surface area (Å²) in [5.74, 6) is -4.01. The van der Waals surface area contributed by atoms with Crippen LogP contribution in [0.25, 0.3) is 16.6 Å². The van der Waals surface area contributed by atoms with Crippen molar-refractivity contribution in [1.29, 1.82) is 0 Å². The maximum Gasteiger partial charge on any atom is 0.348 e. The maximum absolute atomic E-state index is 14.8. The summed E-state index contributed by atoms with van der Waals surface area (Å²) < 4.78 is 59.4. The Hall–Kier alpha value is -3.81. The fraction of sp³-hybridized carbons (Fsp3) is 0.208. The number of hydrogen-bond acceptors (Lipinski definition) is 8. The third-order valence-corrected chi connectivity index (χ3v) is 6.29. The van der Waals surface area contributed by atoms with E-state index in [0.717, 1.165) is 36.6 Å². The highest BCUT2D eigenvalue weighted by Gasteiger charge is 2.22. The number of aromatic amines is 1. The fourth-order valence-corrected chi connectivity index (χ4v) is 4.42. The Kier molecular flexibility index (Phi) is 9.20. The first-order valence-electron chi connectivity index (χ1n) is 10.8. The molecule has 202 valence electrons. The zero-order valence-corrected chi connectivity index (χ0v) is 21.6. The number of H-pyrrole nitrogens is 1. The summed E-state index contributed by atoms with van der Waals surface area (Å²) in [6.45, 7) is 0.139. The minimum Gasteiger partial charge on any atom is -0.492 e. The van der Waals surface area contributed by atoms with Crippen LogP contribution in [0.2, 0.25) is 0 Å². The van der Waals surface area contributed by atoms with Gasteiger partial charge in [-0.05, 0) is 31.3 Å². The molecule has 2 aromatic heterocycles. The molecule has 38 heavy (non-hydrogen) atoms. The Labute approximate surface area is 223 Å². The number of carbonyl (C=O) groups excluding carboxylic acids is 1. The van der Waals surface area contributed by atoms with Crippen LogP contribution in [0.4, 0.5) is 13.2 Å². The number of ether oxygens (including phenoxy) is 3. The number of rotatable bonds is 9. The van der Waals surface area contributed by atoms with Crippen molar-refractivity contribution in [1.82, 2.24) is 14.9 Å². The van der Waals surface area contributed by atoms with E-state index in [1.165, 1.54) is 17.5 Å². The second kappa shape index (κ2) is 12.2. The van der Waals surface area contributed by atoms with Gasteiger partial charge in [-0.25, -0.2) is 27.3 Å². The van der Waals surface area contributed by atoms with Crippen LogP contribution in [0.1, 0.15) is 15.2 Å². The van der Waals surface area contributed by atoms with E-state index in [1.54, 1.807) is 7.05 Å². The summed E-state index contributed by atoms with van der Waals surface area (Å²) in [5, 5.41) is 4.11. The van der Waals surface area contributed by atoms with Gasteiger partial charge in [-0.15, -0.1) is 23.7 Å². The van der Waals surface area contributed by atoms with Crippen LogP contribution in [-0.2, 0) is 11.3 Å². The van der Waals surface area contributed by atoms with E-state index in [2.05, 4.69) is 15.0 Å². The molecule has 0 aliphatic rings. The van der Waals surface area contributed by atoms with Gasteiger partial charge in [-0.2, -0.15) is 0 Å². The smallest absolute Gasteiger partial charge is 0.348 e. The van der Waals surface area contributed by atoms with Crippen molar-refractivity contribution < 1.29 is 32.2 Å². The van der Waals surface area contributed by atoms with Gasteiger partial charge in [0.05, 0.1) is 29.3 Å². The second-order valence-corrected chi connectivity index (χ2v) is 8.49. The van der Waals surface area contributed by atoms with E-state index >= 15 is 0 Å². The molecule has 0 unspecified atom stereocenters. The van der Waals surface area contributed by atoms with Gasteiger partial charge in [-0.3, -0.25) is 4.79 Å². The third kappa shape index (κ3) is 5.54. The first-order valence-corrected chi connectivity index (χ1v) is 11.7. The molecule has 4 rings (SSSR count). The van der Waals surface area contributed by atoms with Gasteiger partial charge >= 0.3 is 11.7 Å². The molecule has 0 amide bonds. The largest absolute Gasteiger partial charge is 0.492 e. The van der Waals surface area contributed by atoms with Gasteiger partial charge in [0.25, 0.3) is 5.56 Å². The van der Waals surface area contributed by atoms with Crippen LogP contribution in [0.3, 0.4) is 0 Å². The molecule has 0 spiro atoms. The van der Waals surface area contributed by atoms with Crippen LogP contribution >= 0.6 is 23.7 Å². The van der Waals surface area contributed by atoms with Crippen molar-refractivity contribution >= 4 is 40.6 Å². The van der Waals surface area contributed by atoms with Gasteiger partial charge in [0.2, 0.25) is 0 Å². The quantitative estimate of drug-likeness (QED) is 0.233. The minimum absolute atomic E-state index is 0. The topological polar surface area (TPSA) is 112 Å². The Morgan fingerprint density at radius 3 is 2.55 bits per heavy atom. The van der Waals surface area contributed by atoms with Crippen molar-refractivity contribution in [2.75, 3.05) is 27.3 Å². The number of nitrogens with one attached hydrogen (secondary N) is 2. The van der Waals surface area contributed by atoms with E-state index in [-0.39, 0.29) is 51.9 Å². The number of hydrogen-bond donors (Lipinski definition) is 2. The van der Waals surface area contributed by atoms with Crippen LogP contribution < -0.4 is 26.0 Å². The summed E-state index contributed by atoms with van der Waals surface area (Å²) in [5.41, 5.74) is -2.50. The fourth-order valence-electron chi connectivity index (χ4n) is 3.52. The first-order chi connectivity index (χ1) is 17.8. The average Bonchev–Trinajstić information content (AvgIpc) is 3.31. The van der Waals surface area contributed by atoms with Crippen LogP contribution in [0.15, 0.2) is 45.3 Å². The minimum atomic E-state index is -1.17. The van der Waals surface area contributed by atoms with Crippen molar-refractivity contribution in [3.05, 3.63) is 84.4 Å². The molecule has 0 saturated carbocycles. The van der Waals surface area contributed by atoms with Gasteiger partial charge in [0, 0.05) is 18.0 Å². The number of likely N-dealkylation sites (N-methyl/N-ethyl adjacent to an activating group) is 1. The molecule has 2 N–H and O–H groups in total. The van der Waals surface area contributed by atoms with E-state index in [0.29, 0.717) is 11.1 Å². The molecule has 0 aliphatic carbocycles. The number of esters is 1. The Bertz CT molecular complexity index is 1600. The molecule has 0 bridgehead atoms. The average molecular weight is 572 g/mol. The molecule has 2 heterocycles. The van der Waals surface area contributed by atoms with Crippen molar-refractivity contribution in [2.45, 2.75) is 6.61 Å². The lowest BCUT2D eigenvalue weighted by molar-refractivity contribution is 0.0608. The molecule has 9 nitrogen and oxygen atoms in total. The lowest BCUT2D eigenvalue weighted by Crippen LogP contribution is -2.34. The van der Waals surface area contributed by atoms with Crippen LogP contribution in [0, 0.1) is 17.5 Å². The highest BCUT2D eigenvalue weighted by Crippen LogP contribution is 2.27. The number of halogens is 4. The number of nitrogens with zero attached hydrogens (tertiary/aromatic N) is 1. The lowest BCUT2D eigenvalue weighted by atomic mass is 10.2. The summed E-state index contributed by atoms with van der Waals surface area (Å²) >= 11 is 0.888. The molecule has 0 radical (unpaired) electrons. The number of thiophene rings is 1. The Balaban J connectivity index is 0.00000400. The molecule has 2 aromatic carbocycles. The third-order valence-electron chi connectivity index (χ3n) is 5.33. The Morgan fingerprint density at radius 2 is 1.84 bits per heavy atom. The van der Waals surface area contributed by atoms with E-state index < -0.39 is 47.0 Å².